The third kappa shape index (κ3) is 2.61. The molecule has 3 fully saturated rings. The molecule has 0 unspecified atom stereocenters. The molecule has 134 valence electrons. The van der Waals surface area contributed by atoms with E-state index in [1.165, 1.54) is 22.0 Å². The first-order valence-corrected chi connectivity index (χ1v) is 10.3. The molecule has 1 spiro atoms. The highest BCUT2D eigenvalue weighted by Crippen LogP contribution is 2.48. The van der Waals surface area contributed by atoms with Crippen molar-refractivity contribution in [3.8, 4) is 11.5 Å². The third-order valence-corrected chi connectivity index (χ3v) is 7.26. The molecule has 0 N–H and O–H groups in total. The normalized spacial score (nSPS) is 32.9. The molecule has 0 aromatic heterocycles. The van der Waals surface area contributed by atoms with Gasteiger partial charge in [-0.1, -0.05) is 0 Å². The van der Waals surface area contributed by atoms with Crippen molar-refractivity contribution < 1.29 is 18.9 Å². The Kier molecular flexibility index (Phi) is 4.01. The highest BCUT2D eigenvalue weighted by Gasteiger charge is 2.59. The lowest BCUT2D eigenvalue weighted by molar-refractivity contribution is 0.0297. The number of hydrogen-bond donors (Lipinski definition) is 0. The Morgan fingerprint density at radius 2 is 2.04 bits per heavy atom. The van der Waals surface area contributed by atoms with Gasteiger partial charge in [0.15, 0.2) is 17.6 Å². The van der Waals surface area contributed by atoms with Gasteiger partial charge in [-0.2, -0.15) is 0 Å². The molecule has 3 aliphatic heterocycles. The van der Waals surface area contributed by atoms with Crippen LogP contribution in [-0.2, 0) is 15.9 Å². The van der Waals surface area contributed by atoms with Gasteiger partial charge >= 0.3 is 5.24 Å². The summed E-state index contributed by atoms with van der Waals surface area (Å²) in [6.45, 7) is 2.47. The topological polar surface area (TPSA) is 40.2 Å². The number of likely N-dealkylation sites (tertiary alicyclic amines) is 1. The van der Waals surface area contributed by atoms with E-state index in [4.69, 9.17) is 31.2 Å². The second-order valence-electron chi connectivity index (χ2n) is 7.22. The fraction of sp³-hybridized carbons (Fsp3) is 0.611. The van der Waals surface area contributed by atoms with Crippen LogP contribution in [0, 0.1) is 3.57 Å². The maximum absolute atomic E-state index is 5.92. The van der Waals surface area contributed by atoms with Crippen molar-refractivity contribution in [3.05, 3.63) is 21.3 Å². The average molecular weight is 473 g/mol. The van der Waals surface area contributed by atoms with Gasteiger partial charge in [-0.05, 0) is 78.9 Å². The lowest BCUT2D eigenvalue weighted by Crippen LogP contribution is -2.52. The van der Waals surface area contributed by atoms with Crippen LogP contribution in [0.5, 0.6) is 11.5 Å². The molecule has 5 rings (SSSR count). The van der Waals surface area contributed by atoms with Gasteiger partial charge in [0.25, 0.3) is 0 Å². The largest absolute Gasteiger partial charge is 0.454 e. The van der Waals surface area contributed by atoms with Crippen LogP contribution in [-0.4, -0.2) is 47.8 Å². The first-order chi connectivity index (χ1) is 12.2. The van der Waals surface area contributed by atoms with Gasteiger partial charge < -0.3 is 18.9 Å². The number of fused-ring (bicyclic) bond motifs is 3. The lowest BCUT2D eigenvalue weighted by atomic mass is 9.91. The van der Waals surface area contributed by atoms with Crippen molar-refractivity contribution >= 4 is 40.0 Å². The van der Waals surface area contributed by atoms with Gasteiger partial charge in [0, 0.05) is 22.3 Å². The Balaban J connectivity index is 1.34. The van der Waals surface area contributed by atoms with E-state index in [-0.39, 0.29) is 17.7 Å². The number of halogens is 1. The zero-order chi connectivity index (χ0) is 17.0. The van der Waals surface area contributed by atoms with Crippen molar-refractivity contribution in [2.75, 3.05) is 19.9 Å². The monoisotopic (exact) mass is 473 g/mol. The molecule has 2 saturated heterocycles. The van der Waals surface area contributed by atoms with Crippen molar-refractivity contribution in [1.29, 1.82) is 0 Å². The molecule has 5 nitrogen and oxygen atoms in total. The summed E-state index contributed by atoms with van der Waals surface area (Å²) in [6, 6.07) is 4.21. The van der Waals surface area contributed by atoms with E-state index in [1.807, 2.05) is 0 Å². The minimum Gasteiger partial charge on any atom is -0.454 e. The second kappa shape index (κ2) is 6.13. The van der Waals surface area contributed by atoms with Gasteiger partial charge in [0.2, 0.25) is 6.79 Å². The zero-order valence-electron chi connectivity index (χ0n) is 13.8. The van der Waals surface area contributed by atoms with Crippen LogP contribution in [0.15, 0.2) is 12.1 Å². The minimum absolute atomic E-state index is 0.104. The first kappa shape index (κ1) is 16.4. The highest BCUT2D eigenvalue weighted by molar-refractivity contribution is 14.1. The van der Waals surface area contributed by atoms with Crippen LogP contribution in [0.4, 0.5) is 0 Å². The van der Waals surface area contributed by atoms with Crippen molar-refractivity contribution in [1.82, 2.24) is 4.90 Å². The summed E-state index contributed by atoms with van der Waals surface area (Å²) in [5.74, 6) is 1.72. The molecule has 4 aliphatic rings. The number of ether oxygens (including phenoxy) is 4. The summed E-state index contributed by atoms with van der Waals surface area (Å²) in [5.41, 5.74) is 1.42. The van der Waals surface area contributed by atoms with E-state index in [0.29, 0.717) is 12.0 Å². The molecule has 0 radical (unpaired) electrons. The van der Waals surface area contributed by atoms with Gasteiger partial charge in [-0.15, -0.1) is 0 Å². The Hall–Kier alpha value is -0.800. The van der Waals surface area contributed by atoms with E-state index in [2.05, 4.69) is 39.6 Å². The maximum Gasteiger partial charge on any atom is 0.353 e. The highest BCUT2D eigenvalue weighted by atomic mass is 127. The van der Waals surface area contributed by atoms with Crippen molar-refractivity contribution in [2.45, 2.75) is 49.9 Å². The molecule has 3 atom stereocenters. The Morgan fingerprint density at radius 3 is 2.92 bits per heavy atom. The fourth-order valence-corrected chi connectivity index (χ4v) is 5.83. The molecule has 7 heteroatoms. The Morgan fingerprint density at radius 1 is 1.20 bits per heavy atom. The van der Waals surface area contributed by atoms with Gasteiger partial charge in [-0.25, -0.2) is 0 Å². The molecule has 0 amide bonds. The minimum atomic E-state index is 0.104. The van der Waals surface area contributed by atoms with E-state index in [1.54, 1.807) is 0 Å². The van der Waals surface area contributed by atoms with E-state index >= 15 is 0 Å². The number of nitrogens with zero attached hydrogens (tertiary/aromatic N) is 1. The molecular formula is C18H20INO4S. The molecule has 1 aliphatic carbocycles. The number of thiocarbonyl (C=S) groups is 1. The van der Waals surface area contributed by atoms with Crippen LogP contribution in [0.2, 0.25) is 0 Å². The molecule has 0 bridgehead atoms. The number of benzene rings is 1. The van der Waals surface area contributed by atoms with Crippen molar-refractivity contribution in [2.24, 2.45) is 0 Å². The summed E-state index contributed by atoms with van der Waals surface area (Å²) in [7, 11) is 0. The van der Waals surface area contributed by atoms with Crippen LogP contribution in [0.1, 0.15) is 31.2 Å². The number of rotatable bonds is 3. The molecule has 1 aromatic carbocycles. The molecule has 1 aromatic rings. The van der Waals surface area contributed by atoms with Crippen LogP contribution < -0.4 is 9.47 Å². The maximum atomic E-state index is 5.92. The summed E-state index contributed by atoms with van der Waals surface area (Å²) >= 11 is 7.54. The number of hydrogen-bond acceptors (Lipinski definition) is 6. The van der Waals surface area contributed by atoms with E-state index in [9.17, 15) is 0 Å². The first-order valence-electron chi connectivity index (χ1n) is 8.86. The molecule has 3 heterocycles. The fourth-order valence-electron chi connectivity index (χ4n) is 4.90. The van der Waals surface area contributed by atoms with Crippen LogP contribution >= 0.6 is 34.8 Å². The van der Waals surface area contributed by atoms with Crippen molar-refractivity contribution in [3.63, 3.8) is 0 Å². The smallest absolute Gasteiger partial charge is 0.353 e. The van der Waals surface area contributed by atoms with E-state index in [0.717, 1.165) is 43.9 Å². The molecule has 1 saturated carbocycles. The quantitative estimate of drug-likeness (QED) is 0.496. The Labute approximate surface area is 166 Å². The van der Waals surface area contributed by atoms with Gasteiger partial charge in [0.05, 0.1) is 5.54 Å². The second-order valence-corrected chi connectivity index (χ2v) is 8.72. The predicted molar refractivity (Wildman–Crippen MR) is 104 cm³/mol. The van der Waals surface area contributed by atoms with Gasteiger partial charge in [-0.3, -0.25) is 4.90 Å². The standard InChI is InChI=1S/C18H20INO4S/c19-12-9-15-14(21-10-22-15)8-11(12)3-7-20-6-1-4-18(20)5-2-13-16(18)24-17(25)23-13/h8-9,13,16H,1-7,10H2/t13-,16-,18-/m0/s1. The predicted octanol–water partition coefficient (Wildman–Crippen LogP) is 3.26. The third-order valence-electron chi connectivity index (χ3n) is 6.06. The molecular weight excluding hydrogens is 453 g/mol. The Bertz CT molecular complexity index is 729. The lowest BCUT2D eigenvalue weighted by Gasteiger charge is -2.38. The SMILES string of the molecule is S=C1O[C@H]2CC[C@@]3(CCCN3CCc3cc4c(cc3I)OCO4)[C@H]2O1. The summed E-state index contributed by atoms with van der Waals surface area (Å²) in [5, 5.41) is 0.339. The van der Waals surface area contributed by atoms with Gasteiger partial charge in [0.1, 0.15) is 6.10 Å². The van der Waals surface area contributed by atoms with E-state index < -0.39 is 0 Å². The van der Waals surface area contributed by atoms with Crippen LogP contribution in [0.25, 0.3) is 0 Å². The summed E-state index contributed by atoms with van der Waals surface area (Å²) in [6.07, 6.45) is 5.85. The summed E-state index contributed by atoms with van der Waals surface area (Å²) in [4.78, 5) is 2.62. The summed E-state index contributed by atoms with van der Waals surface area (Å²) < 4.78 is 23.9. The average Bonchev–Trinajstić information content (AvgIpc) is 3.33. The van der Waals surface area contributed by atoms with Crippen LogP contribution in [0.3, 0.4) is 0 Å². The molecule has 25 heavy (non-hydrogen) atoms. The zero-order valence-corrected chi connectivity index (χ0v) is 16.8.